The van der Waals surface area contributed by atoms with Gasteiger partial charge in [-0.15, -0.1) is 0 Å². The Morgan fingerprint density at radius 3 is 2.36 bits per heavy atom. The second kappa shape index (κ2) is 5.33. The lowest BCUT2D eigenvalue weighted by molar-refractivity contribution is -0.137. The highest BCUT2D eigenvalue weighted by molar-refractivity contribution is 5.60. The summed E-state index contributed by atoms with van der Waals surface area (Å²) in [5, 5.41) is 0. The molecule has 2 aromatic carbocycles. The molecule has 0 spiro atoms. The van der Waals surface area contributed by atoms with Crippen molar-refractivity contribution in [1.82, 2.24) is 9.55 Å². The van der Waals surface area contributed by atoms with Crippen LogP contribution in [0.3, 0.4) is 0 Å². The van der Waals surface area contributed by atoms with E-state index in [1.807, 2.05) is 41.8 Å². The number of para-hydroxylation sites is 1. The van der Waals surface area contributed by atoms with Gasteiger partial charge in [0.1, 0.15) is 5.82 Å². The number of alkyl halides is 3. The van der Waals surface area contributed by atoms with Gasteiger partial charge in [-0.05, 0) is 31.2 Å². The highest BCUT2D eigenvalue weighted by Gasteiger charge is 2.30. The molecule has 1 aromatic heterocycles. The fraction of sp³-hybridized carbons (Fsp3) is 0.118. The standard InChI is InChI=1S/C17H13F3N2/c1-12-11-21-16(22(12)15-8-3-2-4-9-15)13-6-5-7-14(10-13)17(18,19)20/h2-11H,1H3. The van der Waals surface area contributed by atoms with Crippen molar-refractivity contribution >= 4 is 0 Å². The zero-order valence-corrected chi connectivity index (χ0v) is 11.8. The highest BCUT2D eigenvalue weighted by atomic mass is 19.4. The Hall–Kier alpha value is -2.56. The Labute approximate surface area is 125 Å². The molecular weight excluding hydrogens is 289 g/mol. The average Bonchev–Trinajstić information content (AvgIpc) is 2.89. The van der Waals surface area contributed by atoms with Crippen LogP contribution in [-0.2, 0) is 6.18 Å². The second-order valence-corrected chi connectivity index (χ2v) is 4.97. The minimum Gasteiger partial charge on any atom is -0.297 e. The number of hydrogen-bond donors (Lipinski definition) is 0. The molecule has 3 aromatic rings. The smallest absolute Gasteiger partial charge is 0.297 e. The number of halogens is 3. The van der Waals surface area contributed by atoms with E-state index in [2.05, 4.69) is 4.98 Å². The third kappa shape index (κ3) is 2.62. The fourth-order valence-corrected chi connectivity index (χ4v) is 2.38. The number of nitrogens with zero attached hydrogens (tertiary/aromatic N) is 2. The molecule has 0 fully saturated rings. The SMILES string of the molecule is Cc1cnc(-c2cccc(C(F)(F)F)c2)n1-c1ccccc1. The summed E-state index contributed by atoms with van der Waals surface area (Å²) in [4.78, 5) is 4.28. The quantitative estimate of drug-likeness (QED) is 0.660. The predicted octanol–water partition coefficient (Wildman–Crippen LogP) is 4.87. The van der Waals surface area contributed by atoms with Gasteiger partial charge in [0.15, 0.2) is 0 Å². The molecule has 5 heteroatoms. The third-order valence-corrected chi connectivity index (χ3v) is 3.40. The second-order valence-electron chi connectivity index (χ2n) is 4.97. The average molecular weight is 302 g/mol. The van der Waals surface area contributed by atoms with E-state index in [0.717, 1.165) is 23.5 Å². The normalized spacial score (nSPS) is 11.6. The van der Waals surface area contributed by atoms with E-state index < -0.39 is 11.7 Å². The highest BCUT2D eigenvalue weighted by Crippen LogP contribution is 2.32. The van der Waals surface area contributed by atoms with Crippen LogP contribution in [-0.4, -0.2) is 9.55 Å². The van der Waals surface area contributed by atoms with E-state index in [1.54, 1.807) is 12.3 Å². The molecule has 112 valence electrons. The predicted molar refractivity (Wildman–Crippen MR) is 78.7 cm³/mol. The molecule has 0 atom stereocenters. The molecule has 22 heavy (non-hydrogen) atoms. The lowest BCUT2D eigenvalue weighted by atomic mass is 10.1. The number of rotatable bonds is 2. The van der Waals surface area contributed by atoms with Gasteiger partial charge in [-0.25, -0.2) is 4.98 Å². The van der Waals surface area contributed by atoms with Crippen molar-refractivity contribution in [3.05, 3.63) is 72.1 Å². The molecular formula is C17H13F3N2. The minimum absolute atomic E-state index is 0.437. The molecule has 0 amide bonds. The van der Waals surface area contributed by atoms with Crippen LogP contribution in [0.1, 0.15) is 11.3 Å². The zero-order chi connectivity index (χ0) is 15.7. The van der Waals surface area contributed by atoms with Crippen LogP contribution in [0.5, 0.6) is 0 Å². The van der Waals surface area contributed by atoms with Gasteiger partial charge in [-0.3, -0.25) is 4.57 Å². The van der Waals surface area contributed by atoms with Gasteiger partial charge < -0.3 is 0 Å². The molecule has 0 aliphatic heterocycles. The number of imidazole rings is 1. The molecule has 0 unspecified atom stereocenters. The van der Waals surface area contributed by atoms with E-state index in [1.165, 1.54) is 6.07 Å². The van der Waals surface area contributed by atoms with Crippen LogP contribution in [0, 0.1) is 6.92 Å². The zero-order valence-electron chi connectivity index (χ0n) is 11.8. The van der Waals surface area contributed by atoms with Gasteiger partial charge >= 0.3 is 6.18 Å². The number of benzene rings is 2. The van der Waals surface area contributed by atoms with Crippen molar-refractivity contribution in [2.45, 2.75) is 13.1 Å². The van der Waals surface area contributed by atoms with E-state index in [4.69, 9.17) is 0 Å². The Balaban J connectivity index is 2.15. The Morgan fingerprint density at radius 1 is 0.955 bits per heavy atom. The first-order valence-corrected chi connectivity index (χ1v) is 6.74. The van der Waals surface area contributed by atoms with Gasteiger partial charge in [0.25, 0.3) is 0 Å². The van der Waals surface area contributed by atoms with Gasteiger partial charge in [0.2, 0.25) is 0 Å². The maximum absolute atomic E-state index is 12.9. The summed E-state index contributed by atoms with van der Waals surface area (Å²) in [5.74, 6) is 0.495. The lowest BCUT2D eigenvalue weighted by Crippen LogP contribution is -2.05. The van der Waals surface area contributed by atoms with Crippen molar-refractivity contribution < 1.29 is 13.2 Å². The van der Waals surface area contributed by atoms with Crippen LogP contribution in [0.15, 0.2) is 60.8 Å². The monoisotopic (exact) mass is 302 g/mol. The number of aromatic nitrogens is 2. The van der Waals surface area contributed by atoms with Crippen molar-refractivity contribution in [1.29, 1.82) is 0 Å². The summed E-state index contributed by atoms with van der Waals surface area (Å²) in [6.07, 6.45) is -2.71. The summed E-state index contributed by atoms with van der Waals surface area (Å²) in [6, 6.07) is 14.7. The third-order valence-electron chi connectivity index (χ3n) is 3.40. The molecule has 0 saturated heterocycles. The van der Waals surface area contributed by atoms with Crippen molar-refractivity contribution in [2.24, 2.45) is 0 Å². The molecule has 0 saturated carbocycles. The Bertz CT molecular complexity index is 789. The van der Waals surface area contributed by atoms with Crippen molar-refractivity contribution in [3.8, 4) is 17.1 Å². The Morgan fingerprint density at radius 2 is 1.68 bits per heavy atom. The van der Waals surface area contributed by atoms with Crippen molar-refractivity contribution in [3.63, 3.8) is 0 Å². The number of aryl methyl sites for hydroxylation is 1. The summed E-state index contributed by atoms with van der Waals surface area (Å²) < 4.78 is 40.5. The first-order chi connectivity index (χ1) is 10.5. The molecule has 2 nitrogen and oxygen atoms in total. The first-order valence-electron chi connectivity index (χ1n) is 6.74. The summed E-state index contributed by atoms with van der Waals surface area (Å²) in [7, 11) is 0. The topological polar surface area (TPSA) is 17.8 Å². The largest absolute Gasteiger partial charge is 0.416 e. The number of hydrogen-bond acceptors (Lipinski definition) is 1. The summed E-state index contributed by atoms with van der Waals surface area (Å²) >= 11 is 0. The molecule has 3 rings (SSSR count). The van der Waals surface area contributed by atoms with E-state index in [9.17, 15) is 13.2 Å². The van der Waals surface area contributed by atoms with E-state index in [-0.39, 0.29) is 0 Å². The first kappa shape index (κ1) is 14.4. The van der Waals surface area contributed by atoms with Crippen molar-refractivity contribution in [2.75, 3.05) is 0 Å². The van der Waals surface area contributed by atoms with Gasteiger partial charge in [0.05, 0.1) is 5.56 Å². The van der Waals surface area contributed by atoms with Gasteiger partial charge in [-0.2, -0.15) is 13.2 Å². The van der Waals surface area contributed by atoms with E-state index >= 15 is 0 Å². The van der Waals surface area contributed by atoms with Gasteiger partial charge in [-0.1, -0.05) is 30.3 Å². The molecule has 0 aliphatic rings. The molecule has 0 bridgehead atoms. The van der Waals surface area contributed by atoms with Gasteiger partial charge in [0, 0.05) is 23.1 Å². The maximum Gasteiger partial charge on any atom is 0.416 e. The van der Waals surface area contributed by atoms with Crippen LogP contribution in [0.4, 0.5) is 13.2 Å². The Kier molecular flexibility index (Phi) is 3.48. The van der Waals surface area contributed by atoms with Crippen LogP contribution < -0.4 is 0 Å². The van der Waals surface area contributed by atoms with Crippen LogP contribution in [0.2, 0.25) is 0 Å². The molecule has 1 heterocycles. The minimum atomic E-state index is -4.37. The van der Waals surface area contributed by atoms with Crippen LogP contribution >= 0.6 is 0 Å². The molecule has 0 N–H and O–H groups in total. The molecule has 0 aliphatic carbocycles. The lowest BCUT2D eigenvalue weighted by Gasteiger charge is -2.12. The van der Waals surface area contributed by atoms with Crippen LogP contribution in [0.25, 0.3) is 17.1 Å². The fourth-order valence-electron chi connectivity index (χ4n) is 2.38. The molecule has 0 radical (unpaired) electrons. The van der Waals surface area contributed by atoms with E-state index in [0.29, 0.717) is 11.4 Å². The maximum atomic E-state index is 12.9. The summed E-state index contributed by atoms with van der Waals surface area (Å²) in [5.41, 5.74) is 1.49. The summed E-state index contributed by atoms with van der Waals surface area (Å²) in [6.45, 7) is 1.87.